The lowest BCUT2D eigenvalue weighted by molar-refractivity contribution is 0.398. The van der Waals surface area contributed by atoms with Crippen LogP contribution in [0.4, 0.5) is 5.82 Å². The molecule has 15 heavy (non-hydrogen) atoms. The molecule has 0 spiro atoms. The fourth-order valence-electron chi connectivity index (χ4n) is 1.26. The molecule has 1 N–H and O–H groups in total. The summed E-state index contributed by atoms with van der Waals surface area (Å²) in [5, 5.41) is 3.34. The lowest BCUT2D eigenvalue weighted by Gasteiger charge is -2.10. The lowest BCUT2D eigenvalue weighted by atomic mass is 10.2. The topological polar surface area (TPSA) is 34.1 Å². The molecule has 1 atom stereocenters. The molecule has 0 bridgehead atoms. The van der Waals surface area contributed by atoms with Gasteiger partial charge in [0.15, 0.2) is 0 Å². The molecule has 0 saturated heterocycles. The Labute approximate surface area is 95.8 Å². The molecular formula is C11H17ClN2O. The van der Waals surface area contributed by atoms with Crippen LogP contribution in [-0.2, 0) is 0 Å². The van der Waals surface area contributed by atoms with E-state index in [1.54, 1.807) is 7.11 Å². The quantitative estimate of drug-likeness (QED) is 0.761. The van der Waals surface area contributed by atoms with Gasteiger partial charge in [0, 0.05) is 12.6 Å². The van der Waals surface area contributed by atoms with Gasteiger partial charge in [-0.25, -0.2) is 0 Å². The first-order chi connectivity index (χ1) is 7.26. The smallest absolute Gasteiger partial charge is 0.214 e. The molecule has 1 aromatic heterocycles. The van der Waals surface area contributed by atoms with Crippen LogP contribution in [0.15, 0.2) is 18.2 Å². The van der Waals surface area contributed by atoms with E-state index in [2.05, 4.69) is 17.2 Å². The van der Waals surface area contributed by atoms with Crippen LogP contribution in [0.25, 0.3) is 0 Å². The summed E-state index contributed by atoms with van der Waals surface area (Å²) >= 11 is 6.08. The minimum absolute atomic E-state index is 0.156. The molecule has 0 fully saturated rings. The van der Waals surface area contributed by atoms with Crippen molar-refractivity contribution in [1.82, 2.24) is 4.98 Å². The molecule has 0 aliphatic rings. The van der Waals surface area contributed by atoms with Crippen molar-refractivity contribution in [2.75, 3.05) is 19.0 Å². The van der Waals surface area contributed by atoms with E-state index in [1.807, 2.05) is 18.2 Å². The lowest BCUT2D eigenvalue weighted by Crippen LogP contribution is -2.14. The molecular weight excluding hydrogens is 212 g/mol. The van der Waals surface area contributed by atoms with Gasteiger partial charge in [-0.2, -0.15) is 4.98 Å². The molecule has 1 unspecified atom stereocenters. The zero-order valence-corrected chi connectivity index (χ0v) is 9.92. The van der Waals surface area contributed by atoms with Crippen LogP contribution >= 0.6 is 11.6 Å². The van der Waals surface area contributed by atoms with Gasteiger partial charge >= 0.3 is 0 Å². The van der Waals surface area contributed by atoms with Gasteiger partial charge in [-0.05, 0) is 12.5 Å². The van der Waals surface area contributed by atoms with Gasteiger partial charge in [0.2, 0.25) is 5.88 Å². The molecule has 0 saturated carbocycles. The molecule has 0 radical (unpaired) electrons. The number of hydrogen-bond acceptors (Lipinski definition) is 3. The second kappa shape index (κ2) is 6.51. The molecule has 1 heterocycles. The Morgan fingerprint density at radius 3 is 3.00 bits per heavy atom. The van der Waals surface area contributed by atoms with Gasteiger partial charge in [0.25, 0.3) is 0 Å². The maximum Gasteiger partial charge on any atom is 0.214 e. The Balaban J connectivity index is 2.43. The molecule has 0 aliphatic carbocycles. The summed E-state index contributed by atoms with van der Waals surface area (Å²) in [6.45, 7) is 2.86. The van der Waals surface area contributed by atoms with Gasteiger partial charge in [0.1, 0.15) is 5.82 Å². The molecule has 1 rings (SSSR count). The first-order valence-electron chi connectivity index (χ1n) is 5.15. The first-order valence-corrected chi connectivity index (χ1v) is 5.59. The maximum atomic E-state index is 6.08. The highest BCUT2D eigenvalue weighted by atomic mass is 35.5. The second-order valence-electron chi connectivity index (χ2n) is 3.33. The summed E-state index contributed by atoms with van der Waals surface area (Å²) in [4.78, 5) is 4.23. The van der Waals surface area contributed by atoms with Crippen molar-refractivity contribution in [3.8, 4) is 5.88 Å². The second-order valence-corrected chi connectivity index (χ2v) is 3.95. The molecule has 3 nitrogen and oxygen atoms in total. The number of aromatic nitrogens is 1. The standard InChI is InChI=1S/C11H17ClN2O/c1-3-5-9(12)8-13-10-6-4-7-11(14-10)15-2/h4,6-7,9H,3,5,8H2,1-2H3,(H,13,14). The number of nitrogens with one attached hydrogen (secondary N) is 1. The van der Waals surface area contributed by atoms with Crippen LogP contribution in [-0.4, -0.2) is 24.0 Å². The molecule has 84 valence electrons. The van der Waals surface area contributed by atoms with Crippen molar-refractivity contribution in [3.63, 3.8) is 0 Å². The number of pyridine rings is 1. The number of halogens is 1. The van der Waals surface area contributed by atoms with E-state index in [4.69, 9.17) is 16.3 Å². The van der Waals surface area contributed by atoms with E-state index in [9.17, 15) is 0 Å². The van der Waals surface area contributed by atoms with Gasteiger partial charge in [0.05, 0.1) is 12.5 Å². The predicted molar refractivity (Wildman–Crippen MR) is 63.8 cm³/mol. The number of nitrogens with zero attached hydrogens (tertiary/aromatic N) is 1. The Kier molecular flexibility index (Phi) is 5.26. The van der Waals surface area contributed by atoms with E-state index in [0.29, 0.717) is 5.88 Å². The van der Waals surface area contributed by atoms with Gasteiger partial charge < -0.3 is 10.1 Å². The van der Waals surface area contributed by atoms with Crippen LogP contribution in [0, 0.1) is 0 Å². The summed E-state index contributed by atoms with van der Waals surface area (Å²) in [6.07, 6.45) is 2.11. The summed E-state index contributed by atoms with van der Waals surface area (Å²) in [7, 11) is 1.60. The van der Waals surface area contributed by atoms with Crippen molar-refractivity contribution in [1.29, 1.82) is 0 Å². The van der Waals surface area contributed by atoms with Crippen molar-refractivity contribution < 1.29 is 4.74 Å². The zero-order valence-electron chi connectivity index (χ0n) is 9.16. The Hall–Kier alpha value is -0.960. The Bertz CT molecular complexity index is 294. The van der Waals surface area contributed by atoms with E-state index >= 15 is 0 Å². The average Bonchev–Trinajstić information content (AvgIpc) is 2.27. The van der Waals surface area contributed by atoms with E-state index in [-0.39, 0.29) is 5.38 Å². The summed E-state index contributed by atoms with van der Waals surface area (Å²) < 4.78 is 5.03. The van der Waals surface area contributed by atoms with Crippen molar-refractivity contribution >= 4 is 17.4 Å². The summed E-state index contributed by atoms with van der Waals surface area (Å²) in [5.41, 5.74) is 0. The van der Waals surface area contributed by atoms with E-state index in [1.165, 1.54) is 0 Å². The number of anilines is 1. The van der Waals surface area contributed by atoms with Crippen LogP contribution in [0.2, 0.25) is 0 Å². The number of rotatable bonds is 6. The van der Waals surface area contributed by atoms with Crippen molar-refractivity contribution in [2.24, 2.45) is 0 Å². The third-order valence-electron chi connectivity index (χ3n) is 2.04. The fourth-order valence-corrected chi connectivity index (χ4v) is 1.55. The van der Waals surface area contributed by atoms with Crippen molar-refractivity contribution in [2.45, 2.75) is 25.1 Å². The Morgan fingerprint density at radius 2 is 2.33 bits per heavy atom. The zero-order chi connectivity index (χ0) is 11.1. The highest BCUT2D eigenvalue weighted by molar-refractivity contribution is 6.20. The monoisotopic (exact) mass is 228 g/mol. The van der Waals surface area contributed by atoms with Crippen LogP contribution < -0.4 is 10.1 Å². The molecule has 1 aromatic rings. The van der Waals surface area contributed by atoms with Gasteiger partial charge in [-0.15, -0.1) is 11.6 Å². The van der Waals surface area contributed by atoms with E-state index in [0.717, 1.165) is 25.2 Å². The molecule has 0 amide bonds. The van der Waals surface area contributed by atoms with E-state index < -0.39 is 0 Å². The third kappa shape index (κ3) is 4.38. The summed E-state index contributed by atoms with van der Waals surface area (Å²) in [5.74, 6) is 1.41. The highest BCUT2D eigenvalue weighted by Crippen LogP contribution is 2.12. The average molecular weight is 229 g/mol. The molecule has 4 heteroatoms. The predicted octanol–water partition coefficient (Wildman–Crippen LogP) is 2.91. The largest absolute Gasteiger partial charge is 0.481 e. The maximum absolute atomic E-state index is 6.08. The van der Waals surface area contributed by atoms with Crippen LogP contribution in [0.3, 0.4) is 0 Å². The van der Waals surface area contributed by atoms with Crippen molar-refractivity contribution in [3.05, 3.63) is 18.2 Å². The number of ether oxygens (including phenoxy) is 1. The summed E-state index contributed by atoms with van der Waals surface area (Å²) in [6, 6.07) is 5.62. The first kappa shape index (κ1) is 12.1. The SMILES string of the molecule is CCCC(Cl)CNc1cccc(OC)n1. The number of alkyl halides is 1. The normalized spacial score (nSPS) is 12.2. The molecule has 0 aromatic carbocycles. The number of hydrogen-bond donors (Lipinski definition) is 1. The van der Waals surface area contributed by atoms with Crippen LogP contribution in [0.1, 0.15) is 19.8 Å². The fraction of sp³-hybridized carbons (Fsp3) is 0.545. The van der Waals surface area contributed by atoms with Gasteiger partial charge in [-0.1, -0.05) is 19.4 Å². The third-order valence-corrected chi connectivity index (χ3v) is 2.41. The van der Waals surface area contributed by atoms with Gasteiger partial charge in [-0.3, -0.25) is 0 Å². The Morgan fingerprint density at radius 1 is 1.53 bits per heavy atom. The highest BCUT2D eigenvalue weighted by Gasteiger charge is 2.03. The minimum atomic E-state index is 0.156. The molecule has 0 aliphatic heterocycles. The number of methoxy groups -OCH3 is 1. The minimum Gasteiger partial charge on any atom is -0.481 e. The van der Waals surface area contributed by atoms with Crippen LogP contribution in [0.5, 0.6) is 5.88 Å².